The highest BCUT2D eigenvalue weighted by molar-refractivity contribution is 9.10. The number of hydrogen-bond acceptors (Lipinski definition) is 3. The summed E-state index contributed by atoms with van der Waals surface area (Å²) in [4.78, 5) is 9.68. The van der Waals surface area contributed by atoms with Gasteiger partial charge in [-0.1, -0.05) is 15.9 Å². The number of rotatable bonds is 4. The van der Waals surface area contributed by atoms with Crippen molar-refractivity contribution in [2.24, 2.45) is 0 Å². The summed E-state index contributed by atoms with van der Waals surface area (Å²) in [6.07, 6.45) is 2.31. The van der Waals surface area contributed by atoms with E-state index in [4.69, 9.17) is 4.74 Å². The van der Waals surface area contributed by atoms with Gasteiger partial charge in [0.2, 0.25) is 6.20 Å². The molecule has 1 rings (SSSR count). The van der Waals surface area contributed by atoms with Crippen molar-refractivity contribution in [2.45, 2.75) is 6.92 Å². The molecule has 0 aromatic heterocycles. The van der Waals surface area contributed by atoms with E-state index in [0.717, 1.165) is 10.7 Å². The quantitative estimate of drug-likeness (QED) is 0.625. The van der Waals surface area contributed by atoms with Gasteiger partial charge in [0.1, 0.15) is 5.75 Å². The number of nitro groups is 1. The Morgan fingerprint density at radius 1 is 1.60 bits per heavy atom. The normalized spacial score (nSPS) is 10.5. The molecule has 0 atom stereocenters. The lowest BCUT2D eigenvalue weighted by atomic mass is 10.2. The molecule has 0 spiro atoms. The summed E-state index contributed by atoms with van der Waals surface area (Å²) in [7, 11) is 0. The first-order valence-corrected chi connectivity index (χ1v) is 5.17. The molecule has 0 fully saturated rings. The van der Waals surface area contributed by atoms with Crippen molar-refractivity contribution in [1.82, 2.24) is 0 Å². The van der Waals surface area contributed by atoms with Gasteiger partial charge in [0, 0.05) is 16.1 Å². The molecule has 80 valence electrons. The summed E-state index contributed by atoms with van der Waals surface area (Å²) >= 11 is 3.31. The minimum Gasteiger partial charge on any atom is -0.493 e. The standard InChI is InChI=1S/C10H10BrNO3/c1-2-15-10-7-9(11)4-3-8(10)5-6-12(13)14/h3-7H,2H2,1H3/b6-5+. The molecule has 0 amide bonds. The Morgan fingerprint density at radius 3 is 2.93 bits per heavy atom. The van der Waals surface area contributed by atoms with Gasteiger partial charge in [0.15, 0.2) is 0 Å². The number of hydrogen-bond donors (Lipinski definition) is 0. The first kappa shape index (κ1) is 11.7. The van der Waals surface area contributed by atoms with Crippen LogP contribution in [0, 0.1) is 10.1 Å². The largest absolute Gasteiger partial charge is 0.493 e. The molecule has 0 heterocycles. The first-order valence-electron chi connectivity index (χ1n) is 4.37. The van der Waals surface area contributed by atoms with Crippen LogP contribution in [0.15, 0.2) is 28.9 Å². The summed E-state index contributed by atoms with van der Waals surface area (Å²) in [6, 6.07) is 5.35. The molecule has 0 N–H and O–H groups in total. The second-order valence-corrected chi connectivity index (χ2v) is 3.63. The molecule has 1 aromatic rings. The van der Waals surface area contributed by atoms with Gasteiger partial charge in [-0.3, -0.25) is 10.1 Å². The second kappa shape index (κ2) is 5.50. The van der Waals surface area contributed by atoms with Crippen LogP contribution < -0.4 is 4.74 Å². The Balaban J connectivity index is 3.00. The average molecular weight is 272 g/mol. The van der Waals surface area contributed by atoms with Gasteiger partial charge < -0.3 is 4.74 Å². The topological polar surface area (TPSA) is 52.4 Å². The van der Waals surface area contributed by atoms with E-state index < -0.39 is 4.92 Å². The van der Waals surface area contributed by atoms with Crippen LogP contribution in [0.4, 0.5) is 0 Å². The maximum Gasteiger partial charge on any atom is 0.235 e. The molecule has 0 saturated carbocycles. The second-order valence-electron chi connectivity index (χ2n) is 2.72. The van der Waals surface area contributed by atoms with E-state index in [9.17, 15) is 10.1 Å². The molecule has 0 aliphatic rings. The first-order chi connectivity index (χ1) is 7.13. The van der Waals surface area contributed by atoms with Crippen LogP contribution in [-0.2, 0) is 0 Å². The minimum atomic E-state index is -0.502. The fraction of sp³-hybridized carbons (Fsp3) is 0.200. The van der Waals surface area contributed by atoms with Crippen molar-refractivity contribution < 1.29 is 9.66 Å². The average Bonchev–Trinajstić information content (AvgIpc) is 2.17. The van der Waals surface area contributed by atoms with Crippen LogP contribution >= 0.6 is 15.9 Å². The van der Waals surface area contributed by atoms with E-state index in [-0.39, 0.29) is 0 Å². The van der Waals surface area contributed by atoms with Crippen molar-refractivity contribution in [3.05, 3.63) is 44.5 Å². The maximum atomic E-state index is 10.2. The lowest BCUT2D eigenvalue weighted by Crippen LogP contribution is -1.94. The van der Waals surface area contributed by atoms with E-state index in [1.807, 2.05) is 13.0 Å². The molecule has 0 aliphatic carbocycles. The Labute approximate surface area is 95.8 Å². The Hall–Kier alpha value is -1.36. The smallest absolute Gasteiger partial charge is 0.235 e. The predicted octanol–water partition coefficient (Wildman–Crippen LogP) is 3.10. The lowest BCUT2D eigenvalue weighted by Gasteiger charge is -2.06. The molecular formula is C10H10BrNO3. The predicted molar refractivity (Wildman–Crippen MR) is 61.3 cm³/mol. The van der Waals surface area contributed by atoms with E-state index in [1.54, 1.807) is 12.1 Å². The number of ether oxygens (including phenoxy) is 1. The van der Waals surface area contributed by atoms with Crippen LogP contribution in [-0.4, -0.2) is 11.5 Å². The van der Waals surface area contributed by atoms with Crippen LogP contribution in [0.5, 0.6) is 5.75 Å². The Kier molecular flexibility index (Phi) is 4.30. The third kappa shape index (κ3) is 3.71. The van der Waals surface area contributed by atoms with Crippen molar-refractivity contribution >= 4 is 22.0 Å². The molecule has 0 radical (unpaired) electrons. The van der Waals surface area contributed by atoms with Crippen LogP contribution in [0.3, 0.4) is 0 Å². The Morgan fingerprint density at radius 2 is 2.33 bits per heavy atom. The fourth-order valence-corrected chi connectivity index (χ4v) is 1.41. The van der Waals surface area contributed by atoms with Crippen LogP contribution in [0.2, 0.25) is 0 Å². The monoisotopic (exact) mass is 271 g/mol. The van der Waals surface area contributed by atoms with Crippen LogP contribution in [0.25, 0.3) is 6.08 Å². The van der Waals surface area contributed by atoms with Crippen molar-refractivity contribution in [3.8, 4) is 5.75 Å². The van der Waals surface area contributed by atoms with E-state index in [0.29, 0.717) is 17.9 Å². The molecule has 1 aromatic carbocycles. The fourth-order valence-electron chi connectivity index (χ4n) is 1.07. The van der Waals surface area contributed by atoms with Crippen molar-refractivity contribution in [2.75, 3.05) is 6.61 Å². The number of benzene rings is 1. The number of nitrogens with zero attached hydrogens (tertiary/aromatic N) is 1. The zero-order chi connectivity index (χ0) is 11.3. The van der Waals surface area contributed by atoms with Gasteiger partial charge in [-0.05, 0) is 25.1 Å². The van der Waals surface area contributed by atoms with Crippen molar-refractivity contribution in [1.29, 1.82) is 0 Å². The van der Waals surface area contributed by atoms with E-state index >= 15 is 0 Å². The summed E-state index contributed by atoms with van der Waals surface area (Å²) in [5.74, 6) is 0.630. The summed E-state index contributed by atoms with van der Waals surface area (Å²) in [6.45, 7) is 2.39. The van der Waals surface area contributed by atoms with Gasteiger partial charge in [-0.25, -0.2) is 0 Å². The van der Waals surface area contributed by atoms with Gasteiger partial charge in [0.05, 0.1) is 11.5 Å². The Bertz CT molecular complexity index is 390. The zero-order valence-corrected chi connectivity index (χ0v) is 9.73. The SMILES string of the molecule is CCOc1cc(Br)ccc1/C=C/[N+](=O)[O-]. The molecule has 0 unspecified atom stereocenters. The highest BCUT2D eigenvalue weighted by Crippen LogP contribution is 2.24. The number of halogens is 1. The molecule has 0 saturated heterocycles. The van der Waals surface area contributed by atoms with Gasteiger partial charge >= 0.3 is 0 Å². The lowest BCUT2D eigenvalue weighted by molar-refractivity contribution is -0.400. The molecule has 5 heteroatoms. The summed E-state index contributed by atoms with van der Waals surface area (Å²) in [5, 5.41) is 10.2. The summed E-state index contributed by atoms with van der Waals surface area (Å²) < 4.78 is 6.23. The molecule has 0 aliphatic heterocycles. The van der Waals surface area contributed by atoms with Gasteiger partial charge in [-0.15, -0.1) is 0 Å². The third-order valence-corrected chi connectivity index (χ3v) is 2.14. The maximum absolute atomic E-state index is 10.2. The minimum absolute atomic E-state index is 0.502. The molecule has 4 nitrogen and oxygen atoms in total. The third-order valence-electron chi connectivity index (χ3n) is 1.65. The van der Waals surface area contributed by atoms with Gasteiger partial charge in [0.25, 0.3) is 0 Å². The summed E-state index contributed by atoms with van der Waals surface area (Å²) in [5.41, 5.74) is 0.691. The molecule has 0 bridgehead atoms. The van der Waals surface area contributed by atoms with E-state index in [2.05, 4.69) is 15.9 Å². The zero-order valence-electron chi connectivity index (χ0n) is 8.14. The van der Waals surface area contributed by atoms with Crippen LogP contribution in [0.1, 0.15) is 12.5 Å². The molecule has 15 heavy (non-hydrogen) atoms. The highest BCUT2D eigenvalue weighted by Gasteiger charge is 2.02. The highest BCUT2D eigenvalue weighted by atomic mass is 79.9. The molecular weight excluding hydrogens is 262 g/mol. The van der Waals surface area contributed by atoms with Gasteiger partial charge in [-0.2, -0.15) is 0 Å². The van der Waals surface area contributed by atoms with Crippen molar-refractivity contribution in [3.63, 3.8) is 0 Å². The van der Waals surface area contributed by atoms with E-state index in [1.165, 1.54) is 6.08 Å².